The number of carbonyl (C=O) groups is 2. The summed E-state index contributed by atoms with van der Waals surface area (Å²) in [6.45, 7) is 3.98. The average molecular weight is 332 g/mol. The molecule has 2 rings (SSSR count). The topological polar surface area (TPSA) is 78.4 Å². The zero-order chi connectivity index (χ0) is 17.5. The highest BCUT2D eigenvalue weighted by atomic mass is 16.3. The van der Waals surface area contributed by atoms with Crippen LogP contribution in [-0.4, -0.2) is 29.6 Å². The van der Waals surface area contributed by atoms with E-state index in [-0.39, 0.29) is 12.6 Å². The molecule has 0 aromatic heterocycles. The van der Waals surface area contributed by atoms with E-state index in [1.807, 2.05) is 26.0 Å². The van der Waals surface area contributed by atoms with Gasteiger partial charge in [-0.3, -0.25) is 9.59 Å². The van der Waals surface area contributed by atoms with Gasteiger partial charge in [0.1, 0.15) is 0 Å². The van der Waals surface area contributed by atoms with E-state index in [4.69, 9.17) is 0 Å². The smallest absolute Gasteiger partial charge is 0.313 e. The van der Waals surface area contributed by atoms with Crippen molar-refractivity contribution in [1.29, 1.82) is 0 Å². The van der Waals surface area contributed by atoms with Crippen molar-refractivity contribution in [2.75, 3.05) is 11.9 Å². The molecule has 0 heterocycles. The fraction of sp³-hybridized carbons (Fsp3) is 0.579. The lowest BCUT2D eigenvalue weighted by molar-refractivity contribution is -0.137. The van der Waals surface area contributed by atoms with Crippen LogP contribution in [0.3, 0.4) is 0 Å². The first kappa shape index (κ1) is 18.5. The lowest BCUT2D eigenvalue weighted by atomic mass is 9.82. The Morgan fingerprint density at radius 1 is 1.12 bits per heavy atom. The van der Waals surface area contributed by atoms with Gasteiger partial charge in [-0.1, -0.05) is 25.3 Å². The van der Waals surface area contributed by atoms with E-state index in [9.17, 15) is 14.7 Å². The fourth-order valence-electron chi connectivity index (χ4n) is 3.34. The molecule has 1 aliphatic carbocycles. The van der Waals surface area contributed by atoms with E-state index in [0.717, 1.165) is 36.8 Å². The van der Waals surface area contributed by atoms with Gasteiger partial charge < -0.3 is 15.7 Å². The normalized spacial score (nSPS) is 16.5. The maximum Gasteiger partial charge on any atom is 0.313 e. The second kappa shape index (κ2) is 8.83. The lowest BCUT2D eigenvalue weighted by Gasteiger charge is -2.30. The summed E-state index contributed by atoms with van der Waals surface area (Å²) in [6, 6.07) is 5.43. The van der Waals surface area contributed by atoms with Crippen molar-refractivity contribution in [1.82, 2.24) is 5.32 Å². The fourth-order valence-corrected chi connectivity index (χ4v) is 3.34. The molecule has 5 nitrogen and oxygen atoms in total. The quantitative estimate of drug-likeness (QED) is 0.725. The Kier molecular flexibility index (Phi) is 6.79. The number of nitrogens with one attached hydrogen (secondary N) is 2. The molecule has 132 valence electrons. The zero-order valence-electron chi connectivity index (χ0n) is 14.6. The first-order valence-electron chi connectivity index (χ1n) is 8.81. The van der Waals surface area contributed by atoms with Gasteiger partial charge in [0.2, 0.25) is 0 Å². The van der Waals surface area contributed by atoms with E-state index in [2.05, 4.69) is 10.6 Å². The highest BCUT2D eigenvalue weighted by Crippen LogP contribution is 2.27. The number of anilines is 1. The number of hydrogen-bond acceptors (Lipinski definition) is 3. The van der Waals surface area contributed by atoms with Gasteiger partial charge in [0, 0.05) is 18.3 Å². The largest absolute Gasteiger partial charge is 0.396 e. The SMILES string of the molecule is Cc1ccc(NC(=O)C(=O)NC(CCO)C2CCCCC2)cc1C. The minimum Gasteiger partial charge on any atom is -0.396 e. The molecule has 1 fully saturated rings. The maximum atomic E-state index is 12.2. The minimum absolute atomic E-state index is 0.0141. The van der Waals surface area contributed by atoms with Crippen molar-refractivity contribution in [3.63, 3.8) is 0 Å². The number of rotatable bonds is 5. The second-order valence-corrected chi connectivity index (χ2v) is 6.74. The molecule has 1 aromatic carbocycles. The Hall–Kier alpha value is -1.88. The summed E-state index contributed by atoms with van der Waals surface area (Å²) >= 11 is 0. The third-order valence-electron chi connectivity index (χ3n) is 4.95. The number of aliphatic hydroxyl groups is 1. The van der Waals surface area contributed by atoms with Gasteiger partial charge in [-0.05, 0) is 62.3 Å². The monoisotopic (exact) mass is 332 g/mol. The Bertz CT molecular complexity index is 580. The van der Waals surface area contributed by atoms with Gasteiger partial charge in [0.15, 0.2) is 0 Å². The Morgan fingerprint density at radius 2 is 1.83 bits per heavy atom. The molecule has 0 aliphatic heterocycles. The molecule has 24 heavy (non-hydrogen) atoms. The Balaban J connectivity index is 1.95. The van der Waals surface area contributed by atoms with Gasteiger partial charge in [-0.15, -0.1) is 0 Å². The summed E-state index contributed by atoms with van der Waals surface area (Å²) in [5, 5.41) is 14.7. The molecule has 1 atom stereocenters. The Morgan fingerprint density at radius 3 is 2.46 bits per heavy atom. The highest BCUT2D eigenvalue weighted by Gasteiger charge is 2.26. The van der Waals surface area contributed by atoms with Crippen LogP contribution in [0.5, 0.6) is 0 Å². The van der Waals surface area contributed by atoms with E-state index in [0.29, 0.717) is 18.0 Å². The van der Waals surface area contributed by atoms with Crippen LogP contribution in [0.4, 0.5) is 5.69 Å². The average Bonchev–Trinajstić information content (AvgIpc) is 2.58. The molecule has 0 spiro atoms. The van der Waals surface area contributed by atoms with Crippen molar-refractivity contribution in [3.8, 4) is 0 Å². The van der Waals surface area contributed by atoms with Crippen molar-refractivity contribution >= 4 is 17.5 Å². The van der Waals surface area contributed by atoms with E-state index in [1.165, 1.54) is 6.42 Å². The number of amides is 2. The molecule has 3 N–H and O–H groups in total. The summed E-state index contributed by atoms with van der Waals surface area (Å²) in [5.74, 6) is -0.932. The number of aliphatic hydroxyl groups excluding tert-OH is 1. The minimum atomic E-state index is -0.656. The first-order valence-corrected chi connectivity index (χ1v) is 8.81. The molecular formula is C19H28N2O3. The van der Waals surface area contributed by atoms with Gasteiger partial charge in [0.05, 0.1) is 0 Å². The van der Waals surface area contributed by atoms with E-state index >= 15 is 0 Å². The molecule has 1 aromatic rings. The predicted octanol–water partition coefficient (Wildman–Crippen LogP) is 2.69. The maximum absolute atomic E-state index is 12.2. The molecule has 0 bridgehead atoms. The number of aryl methyl sites for hydroxylation is 2. The summed E-state index contributed by atoms with van der Waals surface area (Å²) < 4.78 is 0. The first-order chi connectivity index (χ1) is 11.5. The van der Waals surface area contributed by atoms with Crippen LogP contribution >= 0.6 is 0 Å². The van der Waals surface area contributed by atoms with Gasteiger partial charge in [-0.2, -0.15) is 0 Å². The lowest BCUT2D eigenvalue weighted by Crippen LogP contribution is -2.46. The van der Waals surface area contributed by atoms with Crippen LogP contribution in [0.15, 0.2) is 18.2 Å². The van der Waals surface area contributed by atoms with Crippen LogP contribution in [0.2, 0.25) is 0 Å². The second-order valence-electron chi connectivity index (χ2n) is 6.74. The molecule has 1 unspecified atom stereocenters. The molecule has 0 saturated heterocycles. The standard InChI is InChI=1S/C19H28N2O3/c1-13-8-9-16(12-14(13)2)20-18(23)19(24)21-17(10-11-22)15-6-4-3-5-7-15/h8-9,12,15,17,22H,3-7,10-11H2,1-2H3,(H,20,23)(H,21,24). The molecule has 1 aliphatic rings. The van der Waals surface area contributed by atoms with E-state index in [1.54, 1.807) is 6.07 Å². The van der Waals surface area contributed by atoms with Crippen molar-refractivity contribution in [2.45, 2.75) is 58.4 Å². The van der Waals surface area contributed by atoms with Crippen LogP contribution < -0.4 is 10.6 Å². The van der Waals surface area contributed by atoms with Gasteiger partial charge in [-0.25, -0.2) is 0 Å². The molecular weight excluding hydrogens is 304 g/mol. The van der Waals surface area contributed by atoms with E-state index < -0.39 is 11.8 Å². The van der Waals surface area contributed by atoms with Crippen LogP contribution in [0, 0.1) is 19.8 Å². The third kappa shape index (κ3) is 5.06. The Labute approximate surface area is 143 Å². The van der Waals surface area contributed by atoms with Crippen LogP contribution in [0.1, 0.15) is 49.7 Å². The zero-order valence-corrected chi connectivity index (χ0v) is 14.6. The highest BCUT2D eigenvalue weighted by molar-refractivity contribution is 6.39. The molecule has 2 amide bonds. The molecule has 1 saturated carbocycles. The van der Waals surface area contributed by atoms with Gasteiger partial charge >= 0.3 is 11.8 Å². The summed E-state index contributed by atoms with van der Waals surface area (Å²) in [4.78, 5) is 24.4. The molecule has 5 heteroatoms. The number of benzene rings is 1. The number of hydrogen-bond donors (Lipinski definition) is 3. The van der Waals surface area contributed by atoms with Crippen molar-refractivity contribution < 1.29 is 14.7 Å². The van der Waals surface area contributed by atoms with Crippen molar-refractivity contribution in [3.05, 3.63) is 29.3 Å². The molecule has 0 radical (unpaired) electrons. The van der Waals surface area contributed by atoms with Crippen LogP contribution in [0.25, 0.3) is 0 Å². The summed E-state index contributed by atoms with van der Waals surface area (Å²) in [6.07, 6.45) is 6.11. The van der Waals surface area contributed by atoms with Crippen molar-refractivity contribution in [2.24, 2.45) is 5.92 Å². The summed E-state index contributed by atoms with van der Waals surface area (Å²) in [5.41, 5.74) is 2.82. The van der Waals surface area contributed by atoms with Crippen LogP contribution in [-0.2, 0) is 9.59 Å². The third-order valence-corrected chi connectivity index (χ3v) is 4.95. The predicted molar refractivity (Wildman–Crippen MR) is 94.8 cm³/mol. The number of carbonyl (C=O) groups excluding carboxylic acids is 2. The van der Waals surface area contributed by atoms with Gasteiger partial charge in [0.25, 0.3) is 0 Å². The summed E-state index contributed by atoms with van der Waals surface area (Å²) in [7, 11) is 0.